The Morgan fingerprint density at radius 3 is 2.33 bits per heavy atom. The predicted molar refractivity (Wildman–Crippen MR) is 70.6 cm³/mol. The first-order valence-electron chi connectivity index (χ1n) is 5.61. The van der Waals surface area contributed by atoms with Gasteiger partial charge in [0.2, 0.25) is 0 Å². The van der Waals surface area contributed by atoms with Crippen LogP contribution in [0.3, 0.4) is 0 Å². The first-order valence-corrected chi connectivity index (χ1v) is 5.61. The molecule has 0 atom stereocenters. The summed E-state index contributed by atoms with van der Waals surface area (Å²) in [7, 11) is -1.67. The molecule has 1 aromatic rings. The standard InChI is InChI=1S/C12H18BNO4/c1-7-9(13(16)17)5-8(6-10(7)14)11(15)18-12(2,3)4/h5-6,16-17H,14H2,1-4H3. The summed E-state index contributed by atoms with van der Waals surface area (Å²) in [5.74, 6) is -0.545. The topological polar surface area (TPSA) is 92.8 Å². The van der Waals surface area contributed by atoms with Crippen LogP contribution in [0.1, 0.15) is 36.7 Å². The number of carbonyl (C=O) groups is 1. The molecule has 0 spiro atoms. The van der Waals surface area contributed by atoms with Crippen LogP contribution in [-0.4, -0.2) is 28.7 Å². The number of nitrogens with two attached hydrogens (primary N) is 1. The lowest BCUT2D eigenvalue weighted by molar-refractivity contribution is 0.00697. The maximum absolute atomic E-state index is 11.9. The van der Waals surface area contributed by atoms with E-state index in [1.165, 1.54) is 12.1 Å². The van der Waals surface area contributed by atoms with Gasteiger partial charge in [-0.15, -0.1) is 0 Å². The van der Waals surface area contributed by atoms with Crippen LogP contribution in [0, 0.1) is 6.92 Å². The van der Waals surface area contributed by atoms with Crippen LogP contribution in [0.5, 0.6) is 0 Å². The number of ether oxygens (including phenoxy) is 1. The second-order valence-corrected chi connectivity index (χ2v) is 5.16. The van der Waals surface area contributed by atoms with Gasteiger partial charge in [-0.2, -0.15) is 0 Å². The zero-order valence-corrected chi connectivity index (χ0v) is 11.0. The van der Waals surface area contributed by atoms with Gasteiger partial charge in [0.1, 0.15) is 5.60 Å². The number of rotatable bonds is 2. The van der Waals surface area contributed by atoms with Crippen molar-refractivity contribution >= 4 is 24.2 Å². The Morgan fingerprint density at radius 2 is 1.89 bits per heavy atom. The fourth-order valence-electron chi connectivity index (χ4n) is 1.48. The molecule has 98 valence electrons. The molecule has 6 heteroatoms. The lowest BCUT2D eigenvalue weighted by Crippen LogP contribution is -2.34. The Hall–Kier alpha value is -1.53. The van der Waals surface area contributed by atoms with Crippen molar-refractivity contribution in [2.75, 3.05) is 5.73 Å². The molecule has 0 fully saturated rings. The van der Waals surface area contributed by atoms with Crippen molar-refractivity contribution < 1.29 is 19.6 Å². The predicted octanol–water partition coefficient (Wildman–Crippen LogP) is 0.212. The smallest absolute Gasteiger partial charge is 0.456 e. The van der Waals surface area contributed by atoms with Gasteiger partial charge in [-0.25, -0.2) is 4.79 Å². The van der Waals surface area contributed by atoms with Crippen LogP contribution >= 0.6 is 0 Å². The molecule has 0 aliphatic carbocycles. The van der Waals surface area contributed by atoms with Gasteiger partial charge < -0.3 is 20.5 Å². The zero-order chi connectivity index (χ0) is 14.1. The molecule has 0 heterocycles. The first-order chi connectivity index (χ1) is 8.11. The highest BCUT2D eigenvalue weighted by Gasteiger charge is 2.22. The van der Waals surface area contributed by atoms with Gasteiger partial charge in [0.15, 0.2) is 0 Å². The van der Waals surface area contributed by atoms with Crippen LogP contribution in [-0.2, 0) is 4.74 Å². The highest BCUT2D eigenvalue weighted by Crippen LogP contribution is 2.16. The molecule has 0 aliphatic rings. The van der Waals surface area contributed by atoms with Gasteiger partial charge in [-0.05, 0) is 50.9 Å². The molecule has 5 nitrogen and oxygen atoms in total. The molecule has 4 N–H and O–H groups in total. The summed E-state index contributed by atoms with van der Waals surface area (Å²) >= 11 is 0. The number of esters is 1. The van der Waals surface area contributed by atoms with E-state index in [2.05, 4.69) is 0 Å². The van der Waals surface area contributed by atoms with E-state index in [9.17, 15) is 14.8 Å². The second-order valence-electron chi connectivity index (χ2n) is 5.16. The van der Waals surface area contributed by atoms with Gasteiger partial charge in [-0.3, -0.25) is 0 Å². The van der Waals surface area contributed by atoms with Gasteiger partial charge in [0.05, 0.1) is 5.56 Å². The van der Waals surface area contributed by atoms with Crippen LogP contribution in [0.15, 0.2) is 12.1 Å². The minimum Gasteiger partial charge on any atom is -0.456 e. The number of nitrogen functional groups attached to an aromatic ring is 1. The van der Waals surface area contributed by atoms with E-state index in [4.69, 9.17) is 10.5 Å². The van der Waals surface area contributed by atoms with E-state index in [0.717, 1.165) is 0 Å². The Bertz CT molecular complexity index is 466. The van der Waals surface area contributed by atoms with Crippen molar-refractivity contribution in [2.24, 2.45) is 0 Å². The van der Waals surface area contributed by atoms with Gasteiger partial charge in [0.25, 0.3) is 0 Å². The van der Waals surface area contributed by atoms with Crippen LogP contribution in [0.2, 0.25) is 0 Å². The Morgan fingerprint density at radius 1 is 1.33 bits per heavy atom. The van der Waals surface area contributed by atoms with Crippen molar-refractivity contribution in [3.8, 4) is 0 Å². The normalized spacial score (nSPS) is 11.2. The summed E-state index contributed by atoms with van der Waals surface area (Å²) in [6.45, 7) is 6.92. The second kappa shape index (κ2) is 5.00. The molecule has 18 heavy (non-hydrogen) atoms. The van der Waals surface area contributed by atoms with Crippen molar-refractivity contribution in [1.82, 2.24) is 0 Å². The number of hydrogen-bond donors (Lipinski definition) is 3. The maximum atomic E-state index is 11.9. The van der Waals surface area contributed by atoms with Gasteiger partial charge in [-0.1, -0.05) is 0 Å². The van der Waals surface area contributed by atoms with Crippen molar-refractivity contribution in [3.05, 3.63) is 23.3 Å². The molecule has 1 aromatic carbocycles. The third-order valence-corrected chi connectivity index (χ3v) is 2.40. The highest BCUT2D eigenvalue weighted by atomic mass is 16.6. The summed E-state index contributed by atoms with van der Waals surface area (Å²) in [4.78, 5) is 11.9. The Kier molecular flexibility index (Phi) is 4.03. The van der Waals surface area contributed by atoms with E-state index >= 15 is 0 Å². The maximum Gasteiger partial charge on any atom is 0.488 e. The average molecular weight is 251 g/mol. The monoisotopic (exact) mass is 251 g/mol. The lowest BCUT2D eigenvalue weighted by atomic mass is 9.76. The summed E-state index contributed by atoms with van der Waals surface area (Å²) in [5, 5.41) is 18.4. The molecule has 0 bridgehead atoms. The van der Waals surface area contributed by atoms with Crippen molar-refractivity contribution in [2.45, 2.75) is 33.3 Å². The van der Waals surface area contributed by atoms with Crippen molar-refractivity contribution in [1.29, 1.82) is 0 Å². The van der Waals surface area contributed by atoms with Gasteiger partial charge >= 0.3 is 13.1 Å². The van der Waals surface area contributed by atoms with E-state index in [-0.39, 0.29) is 11.0 Å². The van der Waals surface area contributed by atoms with Crippen LogP contribution < -0.4 is 11.2 Å². The first kappa shape index (κ1) is 14.5. The van der Waals surface area contributed by atoms with Crippen LogP contribution in [0.4, 0.5) is 5.69 Å². The largest absolute Gasteiger partial charge is 0.488 e. The fraction of sp³-hybridized carbons (Fsp3) is 0.417. The Labute approximate surface area is 107 Å². The molecule has 0 unspecified atom stereocenters. The molecule has 0 amide bonds. The zero-order valence-electron chi connectivity index (χ0n) is 11.0. The number of anilines is 1. The summed E-state index contributed by atoms with van der Waals surface area (Å²) in [5.41, 5.74) is 6.38. The quantitative estimate of drug-likeness (QED) is 0.397. The summed E-state index contributed by atoms with van der Waals surface area (Å²) in [6.07, 6.45) is 0. The molecule has 0 saturated carbocycles. The molecule has 0 aromatic heterocycles. The number of hydrogen-bond acceptors (Lipinski definition) is 5. The molecular formula is C12H18BNO4. The summed E-state index contributed by atoms with van der Waals surface area (Å²) in [6, 6.07) is 2.85. The summed E-state index contributed by atoms with van der Waals surface area (Å²) < 4.78 is 5.20. The molecule has 1 rings (SSSR count). The fourth-order valence-corrected chi connectivity index (χ4v) is 1.48. The number of carbonyl (C=O) groups excluding carboxylic acids is 1. The van der Waals surface area contributed by atoms with E-state index in [1.54, 1.807) is 27.7 Å². The molecule has 0 radical (unpaired) electrons. The molecule has 0 saturated heterocycles. The minimum atomic E-state index is -1.67. The van der Waals surface area contributed by atoms with E-state index < -0.39 is 18.7 Å². The SMILES string of the molecule is Cc1c(N)cc(C(=O)OC(C)(C)C)cc1B(O)O. The highest BCUT2D eigenvalue weighted by molar-refractivity contribution is 6.59. The lowest BCUT2D eigenvalue weighted by Gasteiger charge is -2.20. The third kappa shape index (κ3) is 3.48. The van der Waals surface area contributed by atoms with Gasteiger partial charge in [0, 0.05) is 5.69 Å². The average Bonchev–Trinajstić information content (AvgIpc) is 2.18. The van der Waals surface area contributed by atoms with Crippen molar-refractivity contribution in [3.63, 3.8) is 0 Å². The molecular weight excluding hydrogens is 233 g/mol. The van der Waals surface area contributed by atoms with Crippen LogP contribution in [0.25, 0.3) is 0 Å². The minimum absolute atomic E-state index is 0.204. The van der Waals surface area contributed by atoms with E-state index in [1.807, 2.05) is 0 Å². The third-order valence-electron chi connectivity index (χ3n) is 2.40. The molecule has 0 aliphatic heterocycles. The van der Waals surface area contributed by atoms with E-state index in [0.29, 0.717) is 11.3 Å². The Balaban J connectivity index is 3.15. The number of benzene rings is 1.